The van der Waals surface area contributed by atoms with Crippen molar-refractivity contribution in [2.75, 3.05) is 12.5 Å². The molecule has 2 aliphatic heterocycles. The molecule has 0 radical (unpaired) electrons. The minimum absolute atomic E-state index is 0.110. The monoisotopic (exact) mass is 593 g/mol. The molecule has 44 heavy (non-hydrogen) atoms. The third-order valence-corrected chi connectivity index (χ3v) is 9.38. The van der Waals surface area contributed by atoms with E-state index >= 15 is 0 Å². The van der Waals surface area contributed by atoms with Crippen molar-refractivity contribution in [3.05, 3.63) is 122 Å². The molecule has 1 aliphatic carbocycles. The van der Waals surface area contributed by atoms with Gasteiger partial charge in [-0.1, -0.05) is 60.2 Å². The number of methoxy groups -OCH3 is 1. The zero-order valence-corrected chi connectivity index (χ0v) is 24.4. The largest absolute Gasteiger partial charge is 0.504 e. The maximum Gasteiger partial charge on any atom is 0.347 e. The Morgan fingerprint density at radius 2 is 1.68 bits per heavy atom. The Bertz CT molecular complexity index is 1970. The van der Waals surface area contributed by atoms with Crippen molar-refractivity contribution in [1.82, 2.24) is 18.9 Å². The fraction of sp³-hybridized carbons (Fsp3) is 0.273. The number of fused-ring (bicyclic) bond motifs is 4. The van der Waals surface area contributed by atoms with Crippen LogP contribution in [-0.4, -0.2) is 43.0 Å². The van der Waals surface area contributed by atoms with E-state index in [2.05, 4.69) is 5.43 Å². The number of imide groups is 1. The summed E-state index contributed by atoms with van der Waals surface area (Å²) in [6.07, 6.45) is 1.99. The quantitative estimate of drug-likeness (QED) is 0.269. The van der Waals surface area contributed by atoms with E-state index in [0.717, 1.165) is 20.7 Å². The Morgan fingerprint density at radius 3 is 2.36 bits per heavy atom. The molecular weight excluding hydrogens is 562 g/mol. The molecule has 2 amide bonds. The smallest absolute Gasteiger partial charge is 0.347 e. The van der Waals surface area contributed by atoms with Crippen molar-refractivity contribution < 1.29 is 19.4 Å². The van der Waals surface area contributed by atoms with Crippen molar-refractivity contribution in [2.45, 2.75) is 37.3 Å². The molecule has 2 N–H and O–H groups in total. The van der Waals surface area contributed by atoms with Crippen LogP contribution in [0.1, 0.15) is 35.1 Å². The first-order valence-corrected chi connectivity index (χ1v) is 14.4. The number of allylic oxidation sites excluding steroid dienone is 2. The molecule has 1 saturated carbocycles. The molecule has 224 valence electrons. The van der Waals surface area contributed by atoms with Crippen molar-refractivity contribution >= 4 is 17.5 Å². The normalized spacial score (nSPS) is 23.9. The van der Waals surface area contributed by atoms with E-state index < -0.39 is 46.5 Å². The third kappa shape index (κ3) is 3.68. The number of aromatic hydroxyl groups is 1. The number of carbonyl (C=O) groups is 2. The van der Waals surface area contributed by atoms with Gasteiger partial charge in [0.2, 0.25) is 0 Å². The van der Waals surface area contributed by atoms with Crippen LogP contribution in [0.2, 0.25) is 0 Å². The molecule has 4 atom stereocenters. The van der Waals surface area contributed by atoms with Gasteiger partial charge in [-0.2, -0.15) is 5.01 Å². The van der Waals surface area contributed by atoms with Crippen molar-refractivity contribution in [1.29, 1.82) is 0 Å². The number of carbonyl (C=O) groups excluding carboxylic acids is 2. The van der Waals surface area contributed by atoms with Gasteiger partial charge in [-0.25, -0.2) is 23.5 Å². The molecule has 4 aromatic rings. The number of hydrogen-bond donors (Lipinski definition) is 2. The topological polar surface area (TPSA) is 128 Å². The fourth-order valence-electron chi connectivity index (χ4n) is 7.38. The summed E-state index contributed by atoms with van der Waals surface area (Å²) in [5.74, 6) is -2.44. The van der Waals surface area contributed by atoms with E-state index in [1.54, 1.807) is 30.3 Å². The number of amides is 2. The van der Waals surface area contributed by atoms with Crippen LogP contribution in [0.4, 0.5) is 5.69 Å². The number of nitrogens with zero attached hydrogens (tertiary/aromatic N) is 4. The molecule has 0 spiro atoms. The summed E-state index contributed by atoms with van der Waals surface area (Å²) < 4.78 is 9.15. The second-order valence-corrected chi connectivity index (χ2v) is 11.6. The highest BCUT2D eigenvalue weighted by atomic mass is 16.5. The standard InChI is InChI=1S/C33H31N5O6/c1-19-9-12-22(13-10-19)34-37-29(40)24-18-25-23(15-16-36-31(42)35(2)32(43)38(25)36)28(20-11-14-27(44-3)26(39)17-20)33(24,30(37)41)21-7-5-4-6-8-21/h4-15,17,24-25,28,34,39H,16,18H2,1-3H3/t24-,25+,28-,33+/m0/s1. The molecule has 0 unspecified atom stereocenters. The number of phenols is 1. The third-order valence-electron chi connectivity index (χ3n) is 9.38. The number of aryl methyl sites for hydroxylation is 1. The van der Waals surface area contributed by atoms with Crippen LogP contribution in [0.3, 0.4) is 0 Å². The van der Waals surface area contributed by atoms with E-state index in [1.165, 1.54) is 23.5 Å². The molecule has 1 aromatic heterocycles. The summed E-state index contributed by atoms with van der Waals surface area (Å²) in [7, 11) is 2.88. The lowest BCUT2D eigenvalue weighted by Gasteiger charge is -2.49. The van der Waals surface area contributed by atoms with E-state index in [-0.39, 0.29) is 24.5 Å². The first-order chi connectivity index (χ1) is 21.2. The summed E-state index contributed by atoms with van der Waals surface area (Å²) >= 11 is 0. The number of hydrazine groups is 1. The summed E-state index contributed by atoms with van der Waals surface area (Å²) in [4.78, 5) is 55.9. The van der Waals surface area contributed by atoms with Crippen LogP contribution < -0.4 is 21.5 Å². The zero-order valence-electron chi connectivity index (χ0n) is 24.4. The SMILES string of the molecule is COc1ccc([C@H]2C3=CCn4c(=O)n(C)c(=O)n4[C@@H]3C[C@H]3C(=O)N(Nc4ccc(C)cc4)C(=O)[C@@]23c2ccccc2)cc1O. The molecule has 1 saturated heterocycles. The van der Waals surface area contributed by atoms with Crippen LogP contribution in [0.5, 0.6) is 11.5 Å². The number of aromatic nitrogens is 3. The van der Waals surface area contributed by atoms with Gasteiger partial charge in [0.25, 0.3) is 11.8 Å². The predicted octanol–water partition coefficient (Wildman–Crippen LogP) is 2.99. The van der Waals surface area contributed by atoms with Crippen molar-refractivity contribution in [3.8, 4) is 11.5 Å². The number of phenolic OH excluding ortho intramolecular Hbond substituents is 1. The molecule has 3 aliphatic rings. The highest BCUT2D eigenvalue weighted by molar-refractivity contribution is 6.12. The molecule has 3 heterocycles. The Kier molecular flexibility index (Phi) is 6.17. The van der Waals surface area contributed by atoms with E-state index in [1.807, 2.05) is 55.5 Å². The summed E-state index contributed by atoms with van der Waals surface area (Å²) in [5.41, 5.74) is 4.21. The number of anilines is 1. The van der Waals surface area contributed by atoms with E-state index in [9.17, 15) is 24.3 Å². The second kappa shape index (κ2) is 9.87. The molecule has 0 bridgehead atoms. The minimum Gasteiger partial charge on any atom is -0.504 e. The summed E-state index contributed by atoms with van der Waals surface area (Å²) in [6.45, 7) is 2.06. The molecule has 2 fully saturated rings. The number of ether oxygens (including phenoxy) is 1. The molecular formula is C33H31N5O6. The second-order valence-electron chi connectivity index (χ2n) is 11.6. The summed E-state index contributed by atoms with van der Waals surface area (Å²) in [5, 5.41) is 12.0. The van der Waals surface area contributed by atoms with Gasteiger partial charge in [0.1, 0.15) is 0 Å². The number of rotatable bonds is 5. The Morgan fingerprint density at radius 1 is 0.955 bits per heavy atom. The maximum absolute atomic E-state index is 15.0. The van der Waals surface area contributed by atoms with Crippen LogP contribution in [0, 0.1) is 12.8 Å². The summed E-state index contributed by atoms with van der Waals surface area (Å²) in [6, 6.07) is 20.8. The van der Waals surface area contributed by atoms with Crippen LogP contribution >= 0.6 is 0 Å². The highest BCUT2D eigenvalue weighted by Crippen LogP contribution is 2.62. The molecule has 11 heteroatoms. The highest BCUT2D eigenvalue weighted by Gasteiger charge is 2.68. The van der Waals surface area contributed by atoms with E-state index in [4.69, 9.17) is 4.74 Å². The van der Waals surface area contributed by atoms with Gasteiger partial charge in [-0.15, -0.1) is 0 Å². The van der Waals surface area contributed by atoms with Gasteiger partial charge < -0.3 is 9.84 Å². The molecule has 11 nitrogen and oxygen atoms in total. The van der Waals surface area contributed by atoms with Crippen molar-refractivity contribution in [3.63, 3.8) is 0 Å². The fourth-order valence-corrected chi connectivity index (χ4v) is 7.38. The van der Waals surface area contributed by atoms with Gasteiger partial charge in [-0.3, -0.25) is 15.0 Å². The zero-order chi connectivity index (χ0) is 30.9. The maximum atomic E-state index is 15.0. The van der Waals surface area contributed by atoms with Gasteiger partial charge in [0.05, 0.1) is 36.7 Å². The average molecular weight is 594 g/mol. The lowest BCUT2D eigenvalue weighted by Crippen LogP contribution is -2.53. The predicted molar refractivity (Wildman–Crippen MR) is 161 cm³/mol. The van der Waals surface area contributed by atoms with Gasteiger partial charge in [-0.05, 0) is 54.3 Å². The average Bonchev–Trinajstić information content (AvgIpc) is 3.39. The number of hydrogen-bond acceptors (Lipinski definition) is 7. The lowest BCUT2D eigenvalue weighted by atomic mass is 9.53. The van der Waals surface area contributed by atoms with Gasteiger partial charge in [0, 0.05) is 13.0 Å². The lowest BCUT2D eigenvalue weighted by molar-refractivity contribution is -0.138. The van der Waals surface area contributed by atoms with Gasteiger partial charge >= 0.3 is 11.4 Å². The Labute approximate surface area is 252 Å². The van der Waals surface area contributed by atoms with Crippen molar-refractivity contribution in [2.24, 2.45) is 13.0 Å². The Hall–Kier alpha value is -5.32. The van der Waals surface area contributed by atoms with Gasteiger partial charge in [0.15, 0.2) is 11.5 Å². The van der Waals surface area contributed by atoms with Crippen LogP contribution in [0.25, 0.3) is 0 Å². The first kappa shape index (κ1) is 27.5. The van der Waals surface area contributed by atoms with Crippen LogP contribution in [-0.2, 0) is 28.6 Å². The molecule has 3 aromatic carbocycles. The number of benzene rings is 3. The van der Waals surface area contributed by atoms with E-state index in [0.29, 0.717) is 16.8 Å². The first-order valence-electron chi connectivity index (χ1n) is 14.4. The minimum atomic E-state index is -1.43. The number of nitrogens with one attached hydrogen (secondary N) is 1. The molecule has 7 rings (SSSR count). The van der Waals surface area contributed by atoms with Crippen LogP contribution in [0.15, 0.2) is 94.0 Å². The Balaban J connectivity index is 1.50.